The second-order valence-corrected chi connectivity index (χ2v) is 8.65. The molecule has 31 heavy (non-hydrogen) atoms. The minimum absolute atomic E-state index is 0.181. The maximum absolute atomic E-state index is 13.1. The van der Waals surface area contributed by atoms with Crippen molar-refractivity contribution in [1.29, 1.82) is 0 Å². The molecule has 4 rings (SSSR count). The lowest BCUT2D eigenvalue weighted by Gasteiger charge is -2.29. The number of ether oxygens (including phenoxy) is 2. The molecule has 2 atom stereocenters. The zero-order valence-electron chi connectivity index (χ0n) is 17.7. The van der Waals surface area contributed by atoms with Crippen molar-refractivity contribution in [3.8, 4) is 5.75 Å². The van der Waals surface area contributed by atoms with E-state index in [2.05, 4.69) is 20.0 Å². The standard InChI is InChI=1S/C21H28F2N4O4/c1-21(29)9-3-4-16(21)27-17-12(10-15(18(27)28)31-19(22)23)11-24-20(26-17)25-13-5-7-14(30-2)8-6-13/h10-11,13-14,16,19,29H,3-9H2,1-2H3,(H,24,25,26)/t13-,14-,16-,21-/m1/s1. The largest absolute Gasteiger partial charge is 0.429 e. The molecule has 2 fully saturated rings. The van der Waals surface area contributed by atoms with Gasteiger partial charge in [-0.1, -0.05) is 0 Å². The summed E-state index contributed by atoms with van der Waals surface area (Å²) in [4.78, 5) is 21.9. The zero-order chi connectivity index (χ0) is 22.2. The fourth-order valence-electron chi connectivity index (χ4n) is 4.80. The van der Waals surface area contributed by atoms with Crippen LogP contribution in [0.3, 0.4) is 0 Å². The van der Waals surface area contributed by atoms with E-state index in [0.717, 1.165) is 25.7 Å². The van der Waals surface area contributed by atoms with Crippen LogP contribution in [0.4, 0.5) is 14.7 Å². The van der Waals surface area contributed by atoms with Gasteiger partial charge in [0.05, 0.1) is 17.7 Å². The first-order chi connectivity index (χ1) is 14.8. The second-order valence-electron chi connectivity index (χ2n) is 8.65. The lowest BCUT2D eigenvalue weighted by Crippen LogP contribution is -2.38. The van der Waals surface area contributed by atoms with Gasteiger partial charge in [0.1, 0.15) is 5.65 Å². The van der Waals surface area contributed by atoms with Gasteiger partial charge in [-0.15, -0.1) is 0 Å². The molecule has 0 spiro atoms. The van der Waals surface area contributed by atoms with Crippen LogP contribution in [0.5, 0.6) is 5.75 Å². The van der Waals surface area contributed by atoms with E-state index in [-0.39, 0.29) is 12.1 Å². The van der Waals surface area contributed by atoms with Crippen molar-refractivity contribution in [2.24, 2.45) is 0 Å². The highest BCUT2D eigenvalue weighted by molar-refractivity contribution is 5.77. The number of methoxy groups -OCH3 is 1. The molecule has 10 heteroatoms. The van der Waals surface area contributed by atoms with Crippen molar-refractivity contribution in [2.75, 3.05) is 12.4 Å². The van der Waals surface area contributed by atoms with Crippen LogP contribution in [0, 0.1) is 0 Å². The summed E-state index contributed by atoms with van der Waals surface area (Å²) in [5.41, 5.74) is -1.59. The minimum atomic E-state index is -3.13. The normalized spacial score (nSPS) is 28.9. The summed E-state index contributed by atoms with van der Waals surface area (Å²) in [5, 5.41) is 14.5. The van der Waals surface area contributed by atoms with E-state index in [0.29, 0.717) is 36.2 Å². The van der Waals surface area contributed by atoms with Crippen LogP contribution in [0.25, 0.3) is 11.0 Å². The van der Waals surface area contributed by atoms with Crippen molar-refractivity contribution >= 4 is 17.0 Å². The van der Waals surface area contributed by atoms with Gasteiger partial charge in [0, 0.05) is 24.7 Å². The molecule has 8 nitrogen and oxygen atoms in total. The summed E-state index contributed by atoms with van der Waals surface area (Å²) < 4.78 is 36.9. The number of nitrogens with one attached hydrogen (secondary N) is 1. The number of anilines is 1. The summed E-state index contributed by atoms with van der Waals surface area (Å²) in [5.74, 6) is -0.117. The smallest absolute Gasteiger partial charge is 0.387 e. The van der Waals surface area contributed by atoms with Gasteiger partial charge in [0.25, 0.3) is 5.56 Å². The Morgan fingerprint density at radius 1 is 1.29 bits per heavy atom. The molecule has 0 amide bonds. The summed E-state index contributed by atoms with van der Waals surface area (Å²) >= 11 is 0. The molecule has 2 aliphatic rings. The predicted octanol–water partition coefficient (Wildman–Crippen LogP) is 3.24. The van der Waals surface area contributed by atoms with Crippen molar-refractivity contribution in [3.05, 3.63) is 22.6 Å². The van der Waals surface area contributed by atoms with Gasteiger partial charge >= 0.3 is 6.61 Å². The van der Waals surface area contributed by atoms with Crippen LogP contribution >= 0.6 is 0 Å². The fourth-order valence-corrected chi connectivity index (χ4v) is 4.80. The Morgan fingerprint density at radius 3 is 2.65 bits per heavy atom. The highest BCUT2D eigenvalue weighted by Crippen LogP contribution is 2.40. The molecule has 0 aromatic carbocycles. The maximum Gasteiger partial charge on any atom is 0.387 e. The Hall–Kier alpha value is -2.33. The van der Waals surface area contributed by atoms with Gasteiger partial charge in [0.2, 0.25) is 5.95 Å². The molecule has 0 radical (unpaired) electrons. The number of hydrogen-bond donors (Lipinski definition) is 2. The Kier molecular flexibility index (Phi) is 6.11. The summed E-state index contributed by atoms with van der Waals surface area (Å²) in [6, 6.07) is 0.820. The third kappa shape index (κ3) is 4.50. The number of halogens is 2. The van der Waals surface area contributed by atoms with Crippen LogP contribution in [-0.4, -0.2) is 51.1 Å². The minimum Gasteiger partial charge on any atom is -0.429 e. The first-order valence-corrected chi connectivity index (χ1v) is 10.7. The molecular weight excluding hydrogens is 410 g/mol. The molecule has 2 aromatic rings. The second kappa shape index (κ2) is 8.66. The number of pyridine rings is 1. The Morgan fingerprint density at radius 2 is 2.03 bits per heavy atom. The molecule has 0 bridgehead atoms. The molecule has 0 unspecified atom stereocenters. The van der Waals surface area contributed by atoms with E-state index in [1.54, 1.807) is 14.0 Å². The first-order valence-electron chi connectivity index (χ1n) is 10.7. The van der Waals surface area contributed by atoms with Gasteiger partial charge in [-0.2, -0.15) is 13.8 Å². The topological polar surface area (TPSA) is 98.5 Å². The van der Waals surface area contributed by atoms with Crippen LogP contribution < -0.4 is 15.6 Å². The Labute approximate surface area is 178 Å². The number of fused-ring (bicyclic) bond motifs is 1. The van der Waals surface area contributed by atoms with Crippen LogP contribution in [0.1, 0.15) is 57.9 Å². The number of aromatic nitrogens is 3. The summed E-state index contributed by atoms with van der Waals surface area (Å²) in [6.07, 6.45) is 7.19. The predicted molar refractivity (Wildman–Crippen MR) is 111 cm³/mol. The molecule has 170 valence electrons. The quantitative estimate of drug-likeness (QED) is 0.714. The van der Waals surface area contributed by atoms with E-state index >= 15 is 0 Å². The van der Waals surface area contributed by atoms with E-state index < -0.39 is 29.6 Å². The zero-order valence-corrected chi connectivity index (χ0v) is 17.7. The molecule has 2 N–H and O–H groups in total. The molecule has 2 aromatic heterocycles. The number of nitrogens with zero attached hydrogens (tertiary/aromatic N) is 3. The maximum atomic E-state index is 13.1. The Balaban J connectivity index is 1.73. The van der Waals surface area contributed by atoms with Crippen molar-refractivity contribution < 1.29 is 23.4 Å². The highest BCUT2D eigenvalue weighted by Gasteiger charge is 2.40. The number of rotatable bonds is 6. The summed E-state index contributed by atoms with van der Waals surface area (Å²) in [6.45, 7) is -1.48. The number of alkyl halides is 2. The number of aliphatic hydroxyl groups is 1. The Bertz CT molecular complexity index is 989. The van der Waals surface area contributed by atoms with Gasteiger partial charge in [-0.05, 0) is 57.9 Å². The SMILES string of the molecule is CO[C@H]1CC[C@H](Nc2ncc3cc(OC(F)F)c(=O)n([C@@H]4CCC[C@@]4(C)O)c3n2)CC1. The van der Waals surface area contributed by atoms with Gasteiger partial charge in [0.15, 0.2) is 5.75 Å². The summed E-state index contributed by atoms with van der Waals surface area (Å²) in [7, 11) is 1.72. The van der Waals surface area contributed by atoms with E-state index in [1.165, 1.54) is 16.8 Å². The highest BCUT2D eigenvalue weighted by atomic mass is 19.3. The molecule has 2 heterocycles. The molecule has 2 saturated carbocycles. The lowest BCUT2D eigenvalue weighted by atomic mass is 9.93. The lowest BCUT2D eigenvalue weighted by molar-refractivity contribution is -0.0513. The van der Waals surface area contributed by atoms with Gasteiger partial charge in [-0.25, -0.2) is 4.98 Å². The third-order valence-corrected chi connectivity index (χ3v) is 6.49. The molecule has 2 aliphatic carbocycles. The molecular formula is C21H28F2N4O4. The van der Waals surface area contributed by atoms with Crippen molar-refractivity contribution in [2.45, 2.75) is 82.3 Å². The number of hydrogen-bond acceptors (Lipinski definition) is 7. The van der Waals surface area contributed by atoms with Crippen LogP contribution in [0.15, 0.2) is 17.1 Å². The molecule has 0 saturated heterocycles. The van der Waals surface area contributed by atoms with Crippen LogP contribution in [0.2, 0.25) is 0 Å². The van der Waals surface area contributed by atoms with Gasteiger partial charge in [-0.3, -0.25) is 9.36 Å². The van der Waals surface area contributed by atoms with Crippen molar-refractivity contribution in [1.82, 2.24) is 14.5 Å². The fraction of sp³-hybridized carbons (Fsp3) is 0.667. The van der Waals surface area contributed by atoms with E-state index in [9.17, 15) is 18.7 Å². The average molecular weight is 438 g/mol. The van der Waals surface area contributed by atoms with Crippen molar-refractivity contribution in [3.63, 3.8) is 0 Å². The van der Waals surface area contributed by atoms with E-state index in [4.69, 9.17) is 4.74 Å². The van der Waals surface area contributed by atoms with Crippen LogP contribution in [-0.2, 0) is 4.74 Å². The monoisotopic (exact) mass is 438 g/mol. The average Bonchev–Trinajstić information content (AvgIpc) is 3.08. The first kappa shape index (κ1) is 21.9. The molecule has 0 aliphatic heterocycles. The van der Waals surface area contributed by atoms with E-state index in [1.807, 2.05) is 0 Å². The third-order valence-electron chi connectivity index (χ3n) is 6.49. The van der Waals surface area contributed by atoms with Gasteiger partial charge < -0.3 is 19.9 Å².